The van der Waals surface area contributed by atoms with E-state index in [0.717, 1.165) is 30.6 Å². The average Bonchev–Trinajstić information content (AvgIpc) is 2.49. The molecular formula is C17H19Cl2NO. The van der Waals surface area contributed by atoms with Gasteiger partial charge in [0.2, 0.25) is 0 Å². The summed E-state index contributed by atoms with van der Waals surface area (Å²) in [4.78, 5) is 2.23. The molecule has 0 aliphatic carbocycles. The van der Waals surface area contributed by atoms with Crippen molar-refractivity contribution in [1.82, 2.24) is 4.90 Å². The van der Waals surface area contributed by atoms with Crippen molar-refractivity contribution in [3.8, 4) is 0 Å². The predicted octanol–water partition coefficient (Wildman–Crippen LogP) is 4.16. The molecular weight excluding hydrogens is 305 g/mol. The summed E-state index contributed by atoms with van der Waals surface area (Å²) in [5.41, 5.74) is 3.06. The average molecular weight is 324 g/mol. The van der Waals surface area contributed by atoms with Crippen LogP contribution >= 0.6 is 23.2 Å². The van der Waals surface area contributed by atoms with Gasteiger partial charge in [-0.1, -0.05) is 59.6 Å². The van der Waals surface area contributed by atoms with E-state index >= 15 is 0 Å². The molecule has 1 N–H and O–H groups in total. The lowest BCUT2D eigenvalue weighted by Gasteiger charge is -2.18. The van der Waals surface area contributed by atoms with Gasteiger partial charge in [0.05, 0.1) is 16.7 Å². The first-order chi connectivity index (χ1) is 10.1. The van der Waals surface area contributed by atoms with Crippen LogP contribution in [0.5, 0.6) is 0 Å². The Balaban J connectivity index is 2.01. The lowest BCUT2D eigenvalue weighted by molar-refractivity contribution is 0.279. The first-order valence-electron chi connectivity index (χ1n) is 6.91. The Bertz CT molecular complexity index is 587. The molecule has 0 atom stereocenters. The van der Waals surface area contributed by atoms with Crippen molar-refractivity contribution in [3.05, 3.63) is 69.2 Å². The van der Waals surface area contributed by atoms with Crippen LogP contribution in [0.2, 0.25) is 10.0 Å². The van der Waals surface area contributed by atoms with Crippen LogP contribution in [0.15, 0.2) is 42.5 Å². The molecule has 0 aromatic heterocycles. The Morgan fingerprint density at radius 3 is 2.43 bits per heavy atom. The number of halogens is 2. The third kappa shape index (κ3) is 4.45. The van der Waals surface area contributed by atoms with Gasteiger partial charge < -0.3 is 10.0 Å². The lowest BCUT2D eigenvalue weighted by Crippen LogP contribution is -2.21. The molecule has 0 amide bonds. The Hall–Kier alpha value is -1.06. The number of nitrogens with zero attached hydrogens (tertiary/aromatic N) is 1. The smallest absolute Gasteiger partial charge is 0.0685 e. The molecule has 0 radical (unpaired) electrons. The van der Waals surface area contributed by atoms with Crippen LogP contribution in [0.25, 0.3) is 0 Å². The summed E-state index contributed by atoms with van der Waals surface area (Å²) in [6.07, 6.45) is 0.763. The van der Waals surface area contributed by atoms with Gasteiger partial charge in [-0.3, -0.25) is 0 Å². The van der Waals surface area contributed by atoms with Crippen molar-refractivity contribution in [2.24, 2.45) is 0 Å². The molecule has 0 saturated heterocycles. The van der Waals surface area contributed by atoms with Crippen molar-refractivity contribution in [3.63, 3.8) is 0 Å². The van der Waals surface area contributed by atoms with Crippen molar-refractivity contribution in [2.45, 2.75) is 19.6 Å². The van der Waals surface area contributed by atoms with E-state index in [2.05, 4.69) is 24.1 Å². The second-order valence-corrected chi connectivity index (χ2v) is 5.92. The SMILES string of the molecule is CN(CCc1c(CO)ccc(Cl)c1Cl)Cc1ccccc1. The molecule has 0 aliphatic heterocycles. The minimum Gasteiger partial charge on any atom is -0.392 e. The van der Waals surface area contributed by atoms with Crippen LogP contribution in [0.1, 0.15) is 16.7 Å². The van der Waals surface area contributed by atoms with Crippen LogP contribution in [-0.4, -0.2) is 23.6 Å². The normalized spacial score (nSPS) is 11.1. The summed E-state index contributed by atoms with van der Waals surface area (Å²) in [5, 5.41) is 10.5. The van der Waals surface area contributed by atoms with E-state index in [-0.39, 0.29) is 6.61 Å². The van der Waals surface area contributed by atoms with Crippen molar-refractivity contribution in [2.75, 3.05) is 13.6 Å². The largest absolute Gasteiger partial charge is 0.392 e. The van der Waals surface area contributed by atoms with Crippen molar-refractivity contribution >= 4 is 23.2 Å². The lowest BCUT2D eigenvalue weighted by atomic mass is 10.0. The molecule has 0 bridgehead atoms. The van der Waals surface area contributed by atoms with Gasteiger partial charge in [0.1, 0.15) is 0 Å². The van der Waals surface area contributed by atoms with Gasteiger partial charge in [-0.05, 0) is 36.2 Å². The summed E-state index contributed by atoms with van der Waals surface area (Å²) in [6, 6.07) is 13.9. The summed E-state index contributed by atoms with van der Waals surface area (Å²) in [5.74, 6) is 0. The van der Waals surface area contributed by atoms with Crippen LogP contribution in [0.3, 0.4) is 0 Å². The quantitative estimate of drug-likeness (QED) is 0.862. The number of aliphatic hydroxyl groups excluding tert-OH is 1. The molecule has 0 heterocycles. The van der Waals surface area contributed by atoms with Crippen molar-refractivity contribution < 1.29 is 5.11 Å². The van der Waals surface area contributed by atoms with E-state index in [1.165, 1.54) is 5.56 Å². The number of aliphatic hydroxyl groups is 1. The maximum atomic E-state index is 9.42. The molecule has 0 saturated carbocycles. The topological polar surface area (TPSA) is 23.5 Å². The van der Waals surface area contributed by atoms with E-state index in [1.807, 2.05) is 24.3 Å². The molecule has 21 heavy (non-hydrogen) atoms. The summed E-state index contributed by atoms with van der Waals surface area (Å²) >= 11 is 12.3. The fourth-order valence-electron chi connectivity index (χ4n) is 2.33. The zero-order valence-corrected chi connectivity index (χ0v) is 13.5. The molecule has 2 nitrogen and oxygen atoms in total. The number of rotatable bonds is 6. The van der Waals surface area contributed by atoms with E-state index in [1.54, 1.807) is 6.07 Å². The third-order valence-electron chi connectivity index (χ3n) is 3.50. The van der Waals surface area contributed by atoms with Gasteiger partial charge in [-0.15, -0.1) is 0 Å². The molecule has 0 aliphatic rings. The highest BCUT2D eigenvalue weighted by Crippen LogP contribution is 2.29. The summed E-state index contributed by atoms with van der Waals surface area (Å²) < 4.78 is 0. The first kappa shape index (κ1) is 16.3. The zero-order chi connectivity index (χ0) is 15.2. The molecule has 112 valence electrons. The van der Waals surface area contributed by atoms with Gasteiger partial charge >= 0.3 is 0 Å². The highest BCUT2D eigenvalue weighted by atomic mass is 35.5. The molecule has 0 spiro atoms. The molecule has 4 heteroatoms. The monoisotopic (exact) mass is 323 g/mol. The Labute approximate surface area is 135 Å². The highest BCUT2D eigenvalue weighted by Gasteiger charge is 2.11. The zero-order valence-electron chi connectivity index (χ0n) is 12.0. The van der Waals surface area contributed by atoms with Gasteiger partial charge in [-0.2, -0.15) is 0 Å². The number of benzene rings is 2. The van der Waals surface area contributed by atoms with E-state index in [9.17, 15) is 5.11 Å². The molecule has 0 fully saturated rings. The summed E-state index contributed by atoms with van der Waals surface area (Å²) in [6.45, 7) is 1.71. The Kier molecular flexibility index (Phi) is 6.07. The highest BCUT2D eigenvalue weighted by molar-refractivity contribution is 6.42. The fraction of sp³-hybridized carbons (Fsp3) is 0.294. The second kappa shape index (κ2) is 7.81. The second-order valence-electron chi connectivity index (χ2n) is 5.13. The molecule has 2 rings (SSSR count). The maximum Gasteiger partial charge on any atom is 0.0685 e. The van der Waals surface area contributed by atoms with Gasteiger partial charge in [0, 0.05) is 13.1 Å². The molecule has 2 aromatic carbocycles. The van der Waals surface area contributed by atoms with E-state index in [0.29, 0.717) is 10.0 Å². The Morgan fingerprint density at radius 1 is 1.05 bits per heavy atom. The van der Waals surface area contributed by atoms with Gasteiger partial charge in [-0.25, -0.2) is 0 Å². The van der Waals surface area contributed by atoms with Crippen LogP contribution in [0, 0.1) is 0 Å². The number of likely N-dealkylation sites (N-methyl/N-ethyl adjacent to an activating group) is 1. The third-order valence-corrected chi connectivity index (χ3v) is 4.35. The first-order valence-corrected chi connectivity index (χ1v) is 7.66. The Morgan fingerprint density at radius 2 is 1.76 bits per heavy atom. The fourth-order valence-corrected chi connectivity index (χ4v) is 2.78. The predicted molar refractivity (Wildman–Crippen MR) is 88.9 cm³/mol. The van der Waals surface area contributed by atoms with E-state index < -0.39 is 0 Å². The van der Waals surface area contributed by atoms with Crippen LogP contribution in [0.4, 0.5) is 0 Å². The molecule has 2 aromatic rings. The minimum atomic E-state index is -0.0192. The summed E-state index contributed by atoms with van der Waals surface area (Å²) in [7, 11) is 2.07. The minimum absolute atomic E-state index is 0.0192. The number of hydrogen-bond donors (Lipinski definition) is 1. The number of hydrogen-bond acceptors (Lipinski definition) is 2. The molecule has 0 unspecified atom stereocenters. The van der Waals surface area contributed by atoms with E-state index in [4.69, 9.17) is 23.2 Å². The van der Waals surface area contributed by atoms with Crippen LogP contribution in [-0.2, 0) is 19.6 Å². The van der Waals surface area contributed by atoms with Crippen LogP contribution < -0.4 is 0 Å². The standard InChI is InChI=1S/C17H19Cl2NO/c1-20(11-13-5-3-2-4-6-13)10-9-15-14(12-21)7-8-16(18)17(15)19/h2-8,21H,9-12H2,1H3. The van der Waals surface area contributed by atoms with Gasteiger partial charge in [0.15, 0.2) is 0 Å². The van der Waals surface area contributed by atoms with Gasteiger partial charge in [0.25, 0.3) is 0 Å². The maximum absolute atomic E-state index is 9.42. The van der Waals surface area contributed by atoms with Crippen molar-refractivity contribution in [1.29, 1.82) is 0 Å².